The number of carboxylic acids is 1. The lowest BCUT2D eigenvalue weighted by Crippen LogP contribution is -2.47. The minimum absolute atomic E-state index is 0.184. The normalized spacial score (nSPS) is 24.2. The predicted octanol–water partition coefficient (Wildman–Crippen LogP) is 3.76. The van der Waals surface area contributed by atoms with Crippen LogP contribution in [0.5, 0.6) is 0 Å². The maximum Gasteiger partial charge on any atom is 0.416 e. The van der Waals surface area contributed by atoms with E-state index in [1.165, 1.54) is 17.4 Å². The van der Waals surface area contributed by atoms with Crippen LogP contribution in [0.2, 0.25) is 0 Å². The molecule has 1 unspecified atom stereocenters. The first-order chi connectivity index (χ1) is 12.3. The Morgan fingerprint density at radius 3 is 2.58 bits per heavy atom. The molecule has 1 aromatic heterocycles. The third-order valence-corrected chi connectivity index (χ3v) is 6.26. The summed E-state index contributed by atoms with van der Waals surface area (Å²) in [6.07, 6.45) is -3.55. The number of rotatable bonds is 4. The van der Waals surface area contributed by atoms with Gasteiger partial charge in [0.2, 0.25) is 0 Å². The summed E-state index contributed by atoms with van der Waals surface area (Å²) in [7, 11) is 0. The van der Waals surface area contributed by atoms with Crippen LogP contribution in [0.25, 0.3) is 10.1 Å². The fraction of sp³-hybridized carbons (Fsp3) is 0.500. The summed E-state index contributed by atoms with van der Waals surface area (Å²) in [5.74, 6) is -0.616. The SMILES string of the molecule is O=C(O)C1C[C@H]1CN1CCN(c2csc3cc(C(F)(F)F)ccc23)CC1. The molecule has 1 N–H and O–H groups in total. The van der Waals surface area contributed by atoms with E-state index in [0.717, 1.165) is 56.3 Å². The molecule has 2 fully saturated rings. The molecule has 0 amide bonds. The van der Waals surface area contributed by atoms with Gasteiger partial charge in [-0.2, -0.15) is 13.2 Å². The Morgan fingerprint density at radius 2 is 1.96 bits per heavy atom. The first kappa shape index (κ1) is 17.6. The van der Waals surface area contributed by atoms with Crippen molar-refractivity contribution in [1.82, 2.24) is 4.90 Å². The van der Waals surface area contributed by atoms with Gasteiger partial charge < -0.3 is 10.0 Å². The van der Waals surface area contributed by atoms with E-state index in [1.807, 2.05) is 5.38 Å². The quantitative estimate of drug-likeness (QED) is 0.872. The van der Waals surface area contributed by atoms with Crippen molar-refractivity contribution >= 4 is 33.1 Å². The van der Waals surface area contributed by atoms with Crippen LogP contribution in [0.4, 0.5) is 18.9 Å². The third kappa shape index (κ3) is 3.40. The zero-order valence-corrected chi connectivity index (χ0v) is 14.8. The minimum Gasteiger partial charge on any atom is -0.481 e. The number of benzene rings is 1. The number of nitrogens with zero attached hydrogens (tertiary/aromatic N) is 2. The molecule has 8 heteroatoms. The number of hydrogen-bond acceptors (Lipinski definition) is 4. The van der Waals surface area contributed by atoms with Gasteiger partial charge in [0, 0.05) is 48.2 Å². The van der Waals surface area contributed by atoms with Crippen molar-refractivity contribution in [2.75, 3.05) is 37.6 Å². The van der Waals surface area contributed by atoms with Crippen LogP contribution >= 0.6 is 11.3 Å². The van der Waals surface area contributed by atoms with E-state index in [2.05, 4.69) is 9.80 Å². The molecule has 1 saturated heterocycles. The maximum atomic E-state index is 12.9. The highest BCUT2D eigenvalue weighted by Crippen LogP contribution is 2.40. The van der Waals surface area contributed by atoms with Crippen LogP contribution in [0.1, 0.15) is 12.0 Å². The van der Waals surface area contributed by atoms with Crippen LogP contribution in [-0.4, -0.2) is 48.7 Å². The molecule has 140 valence electrons. The van der Waals surface area contributed by atoms with E-state index in [4.69, 9.17) is 5.11 Å². The molecular weight excluding hydrogens is 365 g/mol. The monoisotopic (exact) mass is 384 g/mol. The number of aliphatic carboxylic acids is 1. The van der Waals surface area contributed by atoms with Gasteiger partial charge in [0.1, 0.15) is 0 Å². The highest BCUT2D eigenvalue weighted by atomic mass is 32.1. The van der Waals surface area contributed by atoms with E-state index >= 15 is 0 Å². The Kier molecular flexibility index (Phi) is 4.35. The summed E-state index contributed by atoms with van der Waals surface area (Å²) < 4.78 is 39.2. The van der Waals surface area contributed by atoms with Crippen LogP contribution in [0.15, 0.2) is 23.6 Å². The Balaban J connectivity index is 1.41. The van der Waals surface area contributed by atoms with Gasteiger partial charge >= 0.3 is 12.1 Å². The molecule has 26 heavy (non-hydrogen) atoms. The topological polar surface area (TPSA) is 43.8 Å². The number of alkyl halides is 3. The lowest BCUT2D eigenvalue weighted by atomic mass is 10.1. The van der Waals surface area contributed by atoms with E-state index in [1.54, 1.807) is 6.07 Å². The second kappa shape index (κ2) is 6.42. The average molecular weight is 384 g/mol. The summed E-state index contributed by atoms with van der Waals surface area (Å²) in [5.41, 5.74) is 0.383. The standard InChI is InChI=1S/C18H19F3N2O2S/c19-18(20,21)12-1-2-13-15(10-26-16(13)8-12)23-5-3-22(4-6-23)9-11-7-14(11)17(24)25/h1-2,8,10-11,14H,3-7,9H2,(H,24,25)/t11-,14?/m0/s1. The molecule has 2 heterocycles. The third-order valence-electron chi connectivity index (χ3n) is 5.33. The Morgan fingerprint density at radius 1 is 1.23 bits per heavy atom. The second-order valence-electron chi connectivity index (χ2n) is 7.06. The average Bonchev–Trinajstić information content (AvgIpc) is 3.23. The molecule has 2 aliphatic rings. The van der Waals surface area contributed by atoms with Crippen molar-refractivity contribution in [1.29, 1.82) is 0 Å². The number of halogens is 3. The van der Waals surface area contributed by atoms with Crippen LogP contribution in [0, 0.1) is 11.8 Å². The number of thiophene rings is 1. The van der Waals surface area contributed by atoms with Gasteiger partial charge in [-0.25, -0.2) is 0 Å². The van der Waals surface area contributed by atoms with Gasteiger partial charge in [-0.1, -0.05) is 6.07 Å². The van der Waals surface area contributed by atoms with Crippen molar-refractivity contribution in [3.05, 3.63) is 29.1 Å². The van der Waals surface area contributed by atoms with Crippen molar-refractivity contribution < 1.29 is 23.1 Å². The Hall–Kier alpha value is -1.80. The number of carboxylic acid groups (broad SMARTS) is 1. The second-order valence-corrected chi connectivity index (χ2v) is 7.97. The molecule has 0 radical (unpaired) electrons. The summed E-state index contributed by atoms with van der Waals surface area (Å²) in [6, 6.07) is 3.94. The van der Waals surface area contributed by atoms with Crippen LogP contribution < -0.4 is 4.90 Å². The van der Waals surface area contributed by atoms with Gasteiger partial charge in [-0.05, 0) is 24.5 Å². The smallest absolute Gasteiger partial charge is 0.416 e. The van der Waals surface area contributed by atoms with E-state index in [9.17, 15) is 18.0 Å². The molecule has 2 atom stereocenters. The molecule has 4 rings (SSSR count). The molecule has 4 nitrogen and oxygen atoms in total. The molecule has 2 aromatic rings. The van der Waals surface area contributed by atoms with E-state index in [0.29, 0.717) is 4.70 Å². The fourth-order valence-electron chi connectivity index (χ4n) is 3.69. The van der Waals surface area contributed by atoms with Crippen LogP contribution in [0.3, 0.4) is 0 Å². The molecular formula is C18H19F3N2O2S. The number of hydrogen-bond donors (Lipinski definition) is 1. The zero-order valence-electron chi connectivity index (χ0n) is 14.0. The summed E-state index contributed by atoms with van der Waals surface area (Å²) >= 11 is 1.34. The molecule has 0 bridgehead atoms. The lowest BCUT2D eigenvalue weighted by Gasteiger charge is -2.36. The summed E-state index contributed by atoms with van der Waals surface area (Å²) in [6.45, 7) is 4.13. The largest absolute Gasteiger partial charge is 0.481 e. The van der Waals surface area contributed by atoms with Crippen molar-refractivity contribution in [2.45, 2.75) is 12.6 Å². The minimum atomic E-state index is -4.32. The molecule has 1 saturated carbocycles. The Bertz CT molecular complexity index is 827. The number of carbonyl (C=O) groups is 1. The van der Waals surface area contributed by atoms with Gasteiger partial charge in [-0.15, -0.1) is 11.3 Å². The summed E-state index contributed by atoms with van der Waals surface area (Å²) in [5, 5.41) is 11.8. The van der Waals surface area contributed by atoms with Gasteiger partial charge in [0.05, 0.1) is 17.2 Å². The first-order valence-electron chi connectivity index (χ1n) is 8.61. The van der Waals surface area contributed by atoms with Crippen molar-refractivity contribution in [3.8, 4) is 0 Å². The zero-order chi connectivity index (χ0) is 18.5. The number of piperazine rings is 1. The van der Waals surface area contributed by atoms with E-state index in [-0.39, 0.29) is 11.8 Å². The lowest BCUT2D eigenvalue weighted by molar-refractivity contribution is -0.139. The fourth-order valence-corrected chi connectivity index (χ4v) is 4.70. The predicted molar refractivity (Wildman–Crippen MR) is 94.7 cm³/mol. The first-order valence-corrected chi connectivity index (χ1v) is 9.49. The molecule has 1 aromatic carbocycles. The van der Waals surface area contributed by atoms with Crippen molar-refractivity contribution in [3.63, 3.8) is 0 Å². The maximum absolute atomic E-state index is 12.9. The van der Waals surface area contributed by atoms with E-state index < -0.39 is 17.7 Å². The Labute approximate surface area is 152 Å². The highest BCUT2D eigenvalue weighted by molar-refractivity contribution is 7.17. The van der Waals surface area contributed by atoms with Gasteiger partial charge in [0.15, 0.2) is 0 Å². The van der Waals surface area contributed by atoms with Gasteiger partial charge in [0.25, 0.3) is 0 Å². The van der Waals surface area contributed by atoms with Crippen LogP contribution in [-0.2, 0) is 11.0 Å². The molecule has 1 aliphatic heterocycles. The number of anilines is 1. The highest BCUT2D eigenvalue weighted by Gasteiger charge is 2.44. The molecule has 1 aliphatic carbocycles. The van der Waals surface area contributed by atoms with Gasteiger partial charge in [-0.3, -0.25) is 9.69 Å². The van der Waals surface area contributed by atoms with Crippen molar-refractivity contribution in [2.24, 2.45) is 11.8 Å². The summed E-state index contributed by atoms with van der Waals surface area (Å²) in [4.78, 5) is 15.4. The molecule has 0 spiro atoms. The number of fused-ring (bicyclic) bond motifs is 1.